The first-order valence-corrected chi connectivity index (χ1v) is 8.12. The van der Waals surface area contributed by atoms with Crippen molar-refractivity contribution < 1.29 is 22.8 Å². The van der Waals surface area contributed by atoms with E-state index in [1.807, 2.05) is 6.07 Å². The number of nitrogens with zero attached hydrogens (tertiary/aromatic N) is 2. The smallest absolute Gasteiger partial charge is 0.337 e. The molecule has 26 heavy (non-hydrogen) atoms. The van der Waals surface area contributed by atoms with Crippen molar-refractivity contribution in [3.8, 4) is 6.07 Å². The lowest BCUT2D eigenvalue weighted by Gasteiger charge is -2.53. The zero-order valence-electron chi connectivity index (χ0n) is 14.4. The van der Waals surface area contributed by atoms with Gasteiger partial charge in [-0.25, -0.2) is 0 Å². The van der Waals surface area contributed by atoms with Gasteiger partial charge in [0.1, 0.15) is 6.07 Å². The zero-order chi connectivity index (χ0) is 19.3. The summed E-state index contributed by atoms with van der Waals surface area (Å²) >= 11 is 0. The van der Waals surface area contributed by atoms with Crippen molar-refractivity contribution in [2.24, 2.45) is 10.8 Å². The Hall–Kier alpha value is -2.62. The fraction of sp³-hybridized carbons (Fsp3) is 0.421. The number of carbonyl (C=O) groups excluding carboxylic acids is 2. The molecule has 0 unspecified atom stereocenters. The average Bonchev–Trinajstić information content (AvgIpc) is 2.53. The van der Waals surface area contributed by atoms with Crippen LogP contribution in [0.3, 0.4) is 0 Å². The first-order valence-electron chi connectivity index (χ1n) is 8.12. The molecule has 0 saturated carbocycles. The number of rotatable bonds is 1. The number of benzene rings is 1. The van der Waals surface area contributed by atoms with E-state index in [2.05, 4.69) is 0 Å². The van der Waals surface area contributed by atoms with E-state index in [4.69, 9.17) is 0 Å². The van der Waals surface area contributed by atoms with Gasteiger partial charge in [0.15, 0.2) is 5.78 Å². The number of halogens is 3. The summed E-state index contributed by atoms with van der Waals surface area (Å²) in [5.74, 6) is -0.928. The minimum Gasteiger partial charge on any atom is -0.337 e. The summed E-state index contributed by atoms with van der Waals surface area (Å²) in [7, 11) is 0. The van der Waals surface area contributed by atoms with Crippen molar-refractivity contribution in [2.75, 3.05) is 13.1 Å². The summed E-state index contributed by atoms with van der Waals surface area (Å²) in [5.41, 5.74) is -2.56. The maximum Gasteiger partial charge on any atom is 0.417 e. The topological polar surface area (TPSA) is 61.2 Å². The molecule has 4 nitrogen and oxygen atoms in total. The van der Waals surface area contributed by atoms with Crippen LogP contribution in [0.4, 0.5) is 13.2 Å². The van der Waals surface area contributed by atoms with Gasteiger partial charge in [0, 0.05) is 23.9 Å². The second-order valence-electron chi connectivity index (χ2n) is 7.63. The number of ketones is 1. The molecule has 1 heterocycles. The molecule has 1 saturated heterocycles. The van der Waals surface area contributed by atoms with E-state index >= 15 is 0 Å². The molecule has 1 aromatic carbocycles. The van der Waals surface area contributed by atoms with Crippen molar-refractivity contribution in [2.45, 2.75) is 26.4 Å². The van der Waals surface area contributed by atoms with Crippen LogP contribution in [0.1, 0.15) is 36.2 Å². The fourth-order valence-corrected chi connectivity index (χ4v) is 3.98. The van der Waals surface area contributed by atoms with Crippen molar-refractivity contribution in [1.29, 1.82) is 5.26 Å². The first kappa shape index (κ1) is 18.2. The van der Waals surface area contributed by atoms with Gasteiger partial charge in [0.05, 0.1) is 16.7 Å². The van der Waals surface area contributed by atoms with Crippen molar-refractivity contribution >= 4 is 11.7 Å². The predicted molar refractivity (Wildman–Crippen MR) is 86.9 cm³/mol. The van der Waals surface area contributed by atoms with Gasteiger partial charge >= 0.3 is 6.18 Å². The van der Waals surface area contributed by atoms with Gasteiger partial charge in [0.25, 0.3) is 5.91 Å². The van der Waals surface area contributed by atoms with Crippen LogP contribution in [-0.4, -0.2) is 29.7 Å². The van der Waals surface area contributed by atoms with Crippen LogP contribution in [0.25, 0.3) is 0 Å². The van der Waals surface area contributed by atoms with Crippen molar-refractivity contribution in [1.82, 2.24) is 4.90 Å². The third kappa shape index (κ3) is 2.90. The highest BCUT2D eigenvalue weighted by atomic mass is 19.4. The molecule has 2 aliphatic rings. The van der Waals surface area contributed by atoms with Gasteiger partial charge < -0.3 is 4.90 Å². The van der Waals surface area contributed by atoms with Gasteiger partial charge in [-0.05, 0) is 18.6 Å². The minimum absolute atomic E-state index is 0.0593. The van der Waals surface area contributed by atoms with Gasteiger partial charge in [0.2, 0.25) is 0 Å². The summed E-state index contributed by atoms with van der Waals surface area (Å²) in [6, 6.07) is 6.59. The van der Waals surface area contributed by atoms with E-state index in [-0.39, 0.29) is 30.0 Å². The Bertz CT molecular complexity index is 856. The van der Waals surface area contributed by atoms with E-state index in [9.17, 15) is 28.0 Å². The number of nitriles is 1. The van der Waals surface area contributed by atoms with E-state index in [0.717, 1.165) is 6.07 Å². The Morgan fingerprint density at radius 2 is 1.85 bits per heavy atom. The molecule has 1 spiro atoms. The van der Waals surface area contributed by atoms with Crippen LogP contribution < -0.4 is 0 Å². The summed E-state index contributed by atoms with van der Waals surface area (Å²) < 4.78 is 39.4. The SMILES string of the molecule is CC1(C)CC2(C=C(C#N)C1=O)CN(C(=O)c1ccccc1C(F)(F)F)C2. The molecule has 1 aromatic rings. The van der Waals surface area contributed by atoms with Crippen LogP contribution in [-0.2, 0) is 11.0 Å². The van der Waals surface area contributed by atoms with Crippen LogP contribution in [0.15, 0.2) is 35.9 Å². The molecule has 7 heteroatoms. The molecule has 0 bridgehead atoms. The zero-order valence-corrected chi connectivity index (χ0v) is 14.4. The average molecular weight is 362 g/mol. The normalized spacial score (nSPS) is 21.0. The second kappa shape index (κ2) is 5.70. The maximum atomic E-state index is 13.1. The van der Waals surface area contributed by atoms with Gasteiger partial charge in [-0.15, -0.1) is 0 Å². The molecule has 1 fully saturated rings. The molecule has 0 radical (unpaired) electrons. The number of hydrogen-bond donors (Lipinski definition) is 0. The van der Waals surface area contributed by atoms with Crippen molar-refractivity contribution in [3.63, 3.8) is 0 Å². The van der Waals surface area contributed by atoms with E-state index in [0.29, 0.717) is 6.42 Å². The van der Waals surface area contributed by atoms with Crippen LogP contribution in [0, 0.1) is 22.2 Å². The summed E-state index contributed by atoms with van der Waals surface area (Å²) in [6.07, 6.45) is -2.57. The molecular weight excluding hydrogens is 345 g/mol. The summed E-state index contributed by atoms with van der Waals surface area (Å²) in [6.45, 7) is 3.87. The molecule has 0 N–H and O–H groups in total. The second-order valence-corrected chi connectivity index (χ2v) is 7.63. The molecule has 0 atom stereocenters. The Kier molecular flexibility index (Phi) is 3.98. The molecule has 136 valence electrons. The standard InChI is InChI=1S/C19H17F3N2O2/c1-17(2)9-18(7-12(8-23)15(17)25)10-24(11-18)16(26)13-5-3-4-6-14(13)19(20,21)22/h3-7H,9-11H2,1-2H3. The van der Waals surface area contributed by atoms with Crippen LogP contribution in [0.5, 0.6) is 0 Å². The third-order valence-corrected chi connectivity index (χ3v) is 4.99. The van der Waals surface area contributed by atoms with E-state index < -0.39 is 28.5 Å². The largest absolute Gasteiger partial charge is 0.417 e. The highest BCUT2D eigenvalue weighted by Gasteiger charge is 2.52. The quantitative estimate of drug-likeness (QED) is 0.767. The summed E-state index contributed by atoms with van der Waals surface area (Å²) in [5, 5.41) is 9.18. The number of amides is 1. The Morgan fingerprint density at radius 3 is 2.42 bits per heavy atom. The molecular formula is C19H17F3N2O2. The van der Waals surface area contributed by atoms with Gasteiger partial charge in [-0.2, -0.15) is 18.4 Å². The van der Waals surface area contributed by atoms with Crippen LogP contribution >= 0.6 is 0 Å². The number of carbonyl (C=O) groups is 2. The summed E-state index contributed by atoms with van der Waals surface area (Å²) in [4.78, 5) is 26.1. The van der Waals surface area contributed by atoms with E-state index in [1.54, 1.807) is 19.9 Å². The molecule has 1 aliphatic carbocycles. The number of Topliss-reactive ketones (excluding diaryl/α,β-unsaturated/α-hetero) is 1. The molecule has 3 rings (SSSR count). The lowest BCUT2D eigenvalue weighted by Crippen LogP contribution is -2.61. The Balaban J connectivity index is 1.85. The lowest BCUT2D eigenvalue weighted by atomic mass is 9.61. The van der Waals surface area contributed by atoms with Crippen LogP contribution in [0.2, 0.25) is 0 Å². The maximum absolute atomic E-state index is 13.1. The highest BCUT2D eigenvalue weighted by molar-refractivity contribution is 6.04. The third-order valence-electron chi connectivity index (χ3n) is 4.99. The minimum atomic E-state index is -4.61. The van der Waals surface area contributed by atoms with Gasteiger partial charge in [-0.1, -0.05) is 32.1 Å². The molecule has 1 aliphatic heterocycles. The lowest BCUT2D eigenvalue weighted by molar-refractivity contribution is -0.138. The number of hydrogen-bond acceptors (Lipinski definition) is 3. The number of allylic oxidation sites excluding steroid dienone is 1. The first-order chi connectivity index (χ1) is 12.0. The number of likely N-dealkylation sites (tertiary alicyclic amines) is 1. The fourth-order valence-electron chi connectivity index (χ4n) is 3.98. The monoisotopic (exact) mass is 362 g/mol. The Labute approximate surface area is 148 Å². The number of alkyl halides is 3. The van der Waals surface area contributed by atoms with Crippen molar-refractivity contribution in [3.05, 3.63) is 47.0 Å². The van der Waals surface area contributed by atoms with Gasteiger partial charge in [-0.3, -0.25) is 9.59 Å². The Morgan fingerprint density at radius 1 is 1.23 bits per heavy atom. The highest BCUT2D eigenvalue weighted by Crippen LogP contribution is 2.48. The molecule has 0 aromatic heterocycles. The molecule has 1 amide bonds. The predicted octanol–water partition coefficient (Wildman–Crippen LogP) is 3.60. The van der Waals surface area contributed by atoms with E-state index in [1.165, 1.54) is 23.1 Å².